The molecule has 37 heavy (non-hydrogen) atoms. The minimum Gasteiger partial charge on any atom is -0.481 e. The molecular weight excluding hydrogens is 456 g/mol. The highest BCUT2D eigenvalue weighted by Crippen LogP contribution is 2.48. The molecule has 0 bridgehead atoms. The number of fused-ring (bicyclic) bond motifs is 1. The summed E-state index contributed by atoms with van der Waals surface area (Å²) >= 11 is 0. The van der Waals surface area contributed by atoms with E-state index < -0.39 is 5.60 Å². The van der Waals surface area contributed by atoms with Gasteiger partial charge in [-0.15, -0.1) is 0 Å². The standard InChI is InChI=1S/C33H35N2O2/c1-35(2)21-20-33(36,30-19-11-17-25-14-9-10-18-28(25)30)31(26-15-5-4-6-16-26)29-22-27(23-34-32(29)37-3)24-12-7-8-13-24/h4-6,9-12,14-19,22-23,36H,7-8,13,20-21H2,1-3H3. The van der Waals surface area contributed by atoms with E-state index in [2.05, 4.69) is 53.4 Å². The molecule has 5 rings (SSSR count). The fourth-order valence-electron chi connectivity index (χ4n) is 5.49. The topological polar surface area (TPSA) is 45.6 Å². The summed E-state index contributed by atoms with van der Waals surface area (Å²) in [5.41, 5.74) is 3.77. The lowest BCUT2D eigenvalue weighted by molar-refractivity contribution is 0.0452. The van der Waals surface area contributed by atoms with Gasteiger partial charge < -0.3 is 14.7 Å². The Morgan fingerprint density at radius 2 is 1.76 bits per heavy atom. The molecule has 3 aromatic carbocycles. The van der Waals surface area contributed by atoms with Crippen molar-refractivity contribution in [3.8, 4) is 5.88 Å². The van der Waals surface area contributed by atoms with Gasteiger partial charge in [-0.05, 0) is 78.9 Å². The molecule has 0 saturated carbocycles. The molecule has 1 radical (unpaired) electrons. The lowest BCUT2D eigenvalue weighted by Crippen LogP contribution is -2.38. The van der Waals surface area contributed by atoms with Crippen molar-refractivity contribution in [3.63, 3.8) is 0 Å². The zero-order valence-corrected chi connectivity index (χ0v) is 21.9. The van der Waals surface area contributed by atoms with E-state index in [1.807, 2.05) is 56.7 Å². The van der Waals surface area contributed by atoms with Gasteiger partial charge in [-0.2, -0.15) is 0 Å². The molecule has 0 amide bonds. The fourth-order valence-corrected chi connectivity index (χ4v) is 5.49. The molecule has 0 spiro atoms. The molecule has 4 nitrogen and oxygen atoms in total. The summed E-state index contributed by atoms with van der Waals surface area (Å²) in [6.45, 7) is 0.705. The van der Waals surface area contributed by atoms with Crippen LogP contribution in [-0.4, -0.2) is 42.7 Å². The van der Waals surface area contributed by atoms with Crippen molar-refractivity contribution in [1.82, 2.24) is 9.88 Å². The molecule has 0 fully saturated rings. The highest BCUT2D eigenvalue weighted by molar-refractivity contribution is 5.87. The lowest BCUT2D eigenvalue weighted by atomic mass is 9.70. The van der Waals surface area contributed by atoms with E-state index in [0.717, 1.165) is 58.2 Å². The first kappa shape index (κ1) is 25.2. The molecule has 0 aliphatic heterocycles. The zero-order chi connectivity index (χ0) is 25.8. The molecule has 189 valence electrons. The number of rotatable bonds is 9. The van der Waals surface area contributed by atoms with Crippen molar-refractivity contribution >= 4 is 16.3 Å². The Hall–Kier alpha value is -3.47. The fraction of sp³-hybridized carbons (Fsp3) is 0.273. The summed E-state index contributed by atoms with van der Waals surface area (Å²) in [5.74, 6) is 1.33. The van der Waals surface area contributed by atoms with Crippen LogP contribution in [-0.2, 0) is 5.60 Å². The largest absolute Gasteiger partial charge is 0.481 e. The minimum absolute atomic E-state index is 0.508. The Morgan fingerprint density at radius 1 is 1.00 bits per heavy atom. The lowest BCUT2D eigenvalue weighted by Gasteiger charge is -2.39. The average Bonchev–Trinajstić information content (AvgIpc) is 3.47. The van der Waals surface area contributed by atoms with Crippen LogP contribution in [0.1, 0.15) is 47.9 Å². The molecule has 1 heterocycles. The number of hydrogen-bond donors (Lipinski definition) is 1. The summed E-state index contributed by atoms with van der Waals surface area (Å²) in [6, 6.07) is 26.8. The van der Waals surface area contributed by atoms with Gasteiger partial charge in [0, 0.05) is 18.3 Å². The van der Waals surface area contributed by atoms with Gasteiger partial charge in [-0.25, -0.2) is 4.98 Å². The molecule has 0 saturated heterocycles. The maximum Gasteiger partial charge on any atom is 0.217 e. The second kappa shape index (κ2) is 10.9. The van der Waals surface area contributed by atoms with E-state index in [0.29, 0.717) is 18.8 Å². The molecule has 4 heteroatoms. The number of ether oxygens (including phenoxy) is 1. The first-order valence-corrected chi connectivity index (χ1v) is 13.0. The van der Waals surface area contributed by atoms with Gasteiger partial charge in [-0.1, -0.05) is 78.9 Å². The quantitative estimate of drug-likeness (QED) is 0.286. The molecule has 1 atom stereocenters. The first-order chi connectivity index (χ1) is 18.0. The second-order valence-electron chi connectivity index (χ2n) is 10.1. The minimum atomic E-state index is -1.30. The van der Waals surface area contributed by atoms with Gasteiger partial charge in [0.25, 0.3) is 0 Å². The van der Waals surface area contributed by atoms with E-state index in [4.69, 9.17) is 9.72 Å². The normalized spacial score (nSPS) is 15.2. The zero-order valence-electron chi connectivity index (χ0n) is 21.9. The third-order valence-corrected chi connectivity index (χ3v) is 7.36. The number of aromatic nitrogens is 1. The summed E-state index contributed by atoms with van der Waals surface area (Å²) in [5, 5.41) is 15.2. The van der Waals surface area contributed by atoms with Crippen molar-refractivity contribution in [1.29, 1.82) is 0 Å². The number of pyridine rings is 1. The monoisotopic (exact) mass is 491 g/mol. The Morgan fingerprint density at radius 3 is 2.49 bits per heavy atom. The van der Waals surface area contributed by atoms with Gasteiger partial charge in [0.15, 0.2) is 0 Å². The van der Waals surface area contributed by atoms with Crippen LogP contribution in [0.4, 0.5) is 0 Å². The number of hydrogen-bond acceptors (Lipinski definition) is 4. The molecule has 1 aromatic heterocycles. The van der Waals surface area contributed by atoms with E-state index in [-0.39, 0.29) is 0 Å². The van der Waals surface area contributed by atoms with Gasteiger partial charge >= 0.3 is 0 Å². The van der Waals surface area contributed by atoms with Crippen LogP contribution in [0.3, 0.4) is 0 Å². The Labute approximate surface area is 220 Å². The SMILES string of the molecule is COc1ncc(C2=CCCC2)cc1[C](c1ccccc1)C(O)(CCN(C)C)c1cccc2ccccc12. The van der Waals surface area contributed by atoms with Crippen LogP contribution in [0, 0.1) is 5.92 Å². The predicted octanol–water partition coefficient (Wildman–Crippen LogP) is 6.62. The van der Waals surface area contributed by atoms with Crippen LogP contribution in [0.15, 0.2) is 91.1 Å². The summed E-state index contributed by atoms with van der Waals surface area (Å²) < 4.78 is 5.84. The molecule has 1 unspecified atom stereocenters. The van der Waals surface area contributed by atoms with Gasteiger partial charge in [0.05, 0.1) is 13.0 Å². The molecule has 4 aromatic rings. The molecule has 1 N–H and O–H groups in total. The summed E-state index contributed by atoms with van der Waals surface area (Å²) in [4.78, 5) is 6.87. The molecule has 1 aliphatic carbocycles. The highest BCUT2D eigenvalue weighted by atomic mass is 16.5. The predicted molar refractivity (Wildman–Crippen MR) is 152 cm³/mol. The van der Waals surface area contributed by atoms with Crippen molar-refractivity contribution in [2.24, 2.45) is 0 Å². The first-order valence-electron chi connectivity index (χ1n) is 13.0. The number of benzene rings is 3. The Kier molecular flexibility index (Phi) is 7.40. The maximum absolute atomic E-state index is 13.0. The van der Waals surface area contributed by atoms with E-state index in [1.165, 1.54) is 5.57 Å². The summed E-state index contributed by atoms with van der Waals surface area (Å²) in [6.07, 6.45) is 8.01. The average molecular weight is 492 g/mol. The van der Waals surface area contributed by atoms with Crippen LogP contribution >= 0.6 is 0 Å². The smallest absolute Gasteiger partial charge is 0.217 e. The van der Waals surface area contributed by atoms with Crippen LogP contribution in [0.5, 0.6) is 5.88 Å². The van der Waals surface area contributed by atoms with E-state index in [1.54, 1.807) is 7.11 Å². The van der Waals surface area contributed by atoms with Gasteiger partial charge in [0.1, 0.15) is 5.60 Å². The van der Waals surface area contributed by atoms with E-state index in [9.17, 15) is 5.11 Å². The third-order valence-electron chi connectivity index (χ3n) is 7.36. The number of allylic oxidation sites excluding steroid dienone is 2. The van der Waals surface area contributed by atoms with Crippen molar-refractivity contribution in [2.75, 3.05) is 27.7 Å². The summed E-state index contributed by atoms with van der Waals surface area (Å²) in [7, 11) is 5.74. The Bertz CT molecular complexity index is 1390. The van der Waals surface area contributed by atoms with Crippen molar-refractivity contribution < 1.29 is 9.84 Å². The van der Waals surface area contributed by atoms with Crippen LogP contribution in [0.2, 0.25) is 0 Å². The molecule has 1 aliphatic rings. The molecular formula is C33H35N2O2. The van der Waals surface area contributed by atoms with Crippen LogP contribution in [0.25, 0.3) is 16.3 Å². The number of methoxy groups -OCH3 is 1. The van der Waals surface area contributed by atoms with Gasteiger partial charge in [-0.3, -0.25) is 0 Å². The Balaban J connectivity index is 1.79. The van der Waals surface area contributed by atoms with Crippen molar-refractivity contribution in [3.05, 3.63) is 119 Å². The van der Waals surface area contributed by atoms with Gasteiger partial charge in [0.2, 0.25) is 5.88 Å². The van der Waals surface area contributed by atoms with Crippen molar-refractivity contribution in [2.45, 2.75) is 31.3 Å². The van der Waals surface area contributed by atoms with E-state index >= 15 is 0 Å². The number of nitrogens with zero attached hydrogens (tertiary/aromatic N) is 2. The highest BCUT2D eigenvalue weighted by Gasteiger charge is 2.44. The van der Waals surface area contributed by atoms with Crippen LogP contribution < -0.4 is 4.74 Å². The second-order valence-corrected chi connectivity index (χ2v) is 10.1. The maximum atomic E-state index is 13.0. The number of aliphatic hydroxyl groups is 1. The third kappa shape index (κ3) is 5.04.